The summed E-state index contributed by atoms with van der Waals surface area (Å²) in [4.78, 5) is 0. The molecule has 1 fully saturated rings. The average Bonchev–Trinajstić information content (AvgIpc) is 2.74. The van der Waals surface area contributed by atoms with Gasteiger partial charge in [0.1, 0.15) is 0 Å². The number of ether oxygens (including phenoxy) is 1. The van der Waals surface area contributed by atoms with Crippen LogP contribution in [0.5, 0.6) is 0 Å². The Morgan fingerprint density at radius 2 is 2.07 bits per heavy atom. The van der Waals surface area contributed by atoms with Crippen LogP contribution in [0.2, 0.25) is 0 Å². The Kier molecular flexibility index (Phi) is 4.68. The molecule has 0 bridgehead atoms. The topological polar surface area (TPSA) is 9.23 Å². The molecule has 0 saturated carbocycles. The molecule has 1 heteroatoms. The van der Waals surface area contributed by atoms with E-state index in [0.717, 1.165) is 13.2 Å². The van der Waals surface area contributed by atoms with Crippen molar-refractivity contribution in [3.8, 4) is 0 Å². The summed E-state index contributed by atoms with van der Waals surface area (Å²) >= 11 is 0. The summed E-state index contributed by atoms with van der Waals surface area (Å²) in [6.45, 7) is 7.97. The Morgan fingerprint density at radius 3 is 2.64 bits per heavy atom. The molecule has 1 heterocycles. The van der Waals surface area contributed by atoms with Crippen molar-refractivity contribution in [1.82, 2.24) is 0 Å². The van der Waals surface area contributed by atoms with Crippen molar-refractivity contribution < 1.29 is 4.74 Å². The summed E-state index contributed by atoms with van der Waals surface area (Å²) in [5.41, 5.74) is 2.78. The fourth-order valence-electron chi connectivity index (χ4n) is 1.72. The number of benzene rings is 1. The summed E-state index contributed by atoms with van der Waals surface area (Å²) in [5, 5.41) is 0. The first-order chi connectivity index (χ1) is 6.86. The molecule has 0 N–H and O–H groups in total. The summed E-state index contributed by atoms with van der Waals surface area (Å²) < 4.78 is 5.35. The van der Waals surface area contributed by atoms with E-state index in [2.05, 4.69) is 31.2 Å². The van der Waals surface area contributed by atoms with Crippen molar-refractivity contribution >= 4 is 0 Å². The van der Waals surface area contributed by atoms with Gasteiger partial charge in [0.25, 0.3) is 0 Å². The van der Waals surface area contributed by atoms with Crippen LogP contribution in [-0.4, -0.2) is 13.2 Å². The molecule has 78 valence electrons. The Hall–Kier alpha value is -0.820. The molecule has 2 rings (SSSR count). The highest BCUT2D eigenvalue weighted by molar-refractivity contribution is 5.25. The van der Waals surface area contributed by atoms with E-state index >= 15 is 0 Å². The fraction of sp³-hybridized carbons (Fsp3) is 0.538. The van der Waals surface area contributed by atoms with Crippen molar-refractivity contribution in [3.05, 3.63) is 35.4 Å². The normalized spacial score (nSPS) is 20.1. The Labute approximate surface area is 87.1 Å². The number of rotatable bonds is 1. The molecule has 1 saturated heterocycles. The lowest BCUT2D eigenvalue weighted by atomic mass is 9.97. The van der Waals surface area contributed by atoms with Gasteiger partial charge >= 0.3 is 0 Å². The summed E-state index contributed by atoms with van der Waals surface area (Å²) in [5.74, 6) is 0.643. The maximum absolute atomic E-state index is 5.35. The van der Waals surface area contributed by atoms with E-state index in [9.17, 15) is 0 Å². The molecule has 1 aliphatic rings. The molecule has 1 atom stereocenters. The molecule has 0 spiro atoms. The zero-order chi connectivity index (χ0) is 10.4. The number of hydrogen-bond donors (Lipinski definition) is 0. The molecular weight excluding hydrogens is 172 g/mol. The molecule has 1 aliphatic heterocycles. The SMILES string of the molecule is CC.Cc1cccc(C2CCOC2)c1. The van der Waals surface area contributed by atoms with E-state index in [1.807, 2.05) is 13.8 Å². The lowest BCUT2D eigenvalue weighted by molar-refractivity contribution is 0.194. The van der Waals surface area contributed by atoms with Crippen LogP contribution in [0.4, 0.5) is 0 Å². The van der Waals surface area contributed by atoms with E-state index in [-0.39, 0.29) is 0 Å². The highest BCUT2D eigenvalue weighted by atomic mass is 16.5. The smallest absolute Gasteiger partial charge is 0.0535 e. The molecule has 0 aliphatic carbocycles. The summed E-state index contributed by atoms with van der Waals surface area (Å²) in [7, 11) is 0. The van der Waals surface area contributed by atoms with Crippen LogP contribution in [0.3, 0.4) is 0 Å². The molecule has 1 nitrogen and oxygen atoms in total. The standard InChI is InChI=1S/C11H14O.C2H6/c1-9-3-2-4-10(7-9)11-5-6-12-8-11;1-2/h2-4,7,11H,5-6,8H2,1H3;1-2H3. The van der Waals surface area contributed by atoms with Crippen LogP contribution in [0.15, 0.2) is 24.3 Å². The lowest BCUT2D eigenvalue weighted by Gasteiger charge is -2.07. The Balaban J connectivity index is 0.000000461. The number of aryl methyl sites for hydroxylation is 1. The maximum Gasteiger partial charge on any atom is 0.0535 e. The molecule has 1 aromatic rings. The van der Waals surface area contributed by atoms with Gasteiger partial charge in [-0.3, -0.25) is 0 Å². The van der Waals surface area contributed by atoms with Crippen molar-refractivity contribution in [3.63, 3.8) is 0 Å². The van der Waals surface area contributed by atoms with Gasteiger partial charge in [0, 0.05) is 12.5 Å². The molecule has 0 radical (unpaired) electrons. The third kappa shape index (κ3) is 2.85. The third-order valence-electron chi connectivity index (χ3n) is 2.44. The zero-order valence-corrected chi connectivity index (χ0v) is 9.42. The van der Waals surface area contributed by atoms with Gasteiger partial charge in [-0.05, 0) is 18.9 Å². The van der Waals surface area contributed by atoms with E-state index < -0.39 is 0 Å². The third-order valence-corrected chi connectivity index (χ3v) is 2.44. The van der Waals surface area contributed by atoms with Crippen LogP contribution in [0.1, 0.15) is 37.3 Å². The zero-order valence-electron chi connectivity index (χ0n) is 9.42. The highest BCUT2D eigenvalue weighted by Crippen LogP contribution is 2.25. The van der Waals surface area contributed by atoms with Crippen LogP contribution in [0, 0.1) is 6.92 Å². The summed E-state index contributed by atoms with van der Waals surface area (Å²) in [6, 6.07) is 8.73. The molecule has 0 amide bonds. The first-order valence-corrected chi connectivity index (χ1v) is 5.50. The van der Waals surface area contributed by atoms with Crippen LogP contribution >= 0.6 is 0 Å². The van der Waals surface area contributed by atoms with Crippen molar-refractivity contribution in [2.24, 2.45) is 0 Å². The van der Waals surface area contributed by atoms with Gasteiger partial charge in [0.15, 0.2) is 0 Å². The molecular formula is C13H20O. The van der Waals surface area contributed by atoms with E-state index in [0.29, 0.717) is 5.92 Å². The largest absolute Gasteiger partial charge is 0.381 e. The first-order valence-electron chi connectivity index (χ1n) is 5.50. The minimum atomic E-state index is 0.643. The summed E-state index contributed by atoms with van der Waals surface area (Å²) in [6.07, 6.45) is 1.18. The second-order valence-electron chi connectivity index (χ2n) is 3.47. The predicted octanol–water partition coefficient (Wildman–Crippen LogP) is 3.53. The van der Waals surface area contributed by atoms with Crippen molar-refractivity contribution in [2.75, 3.05) is 13.2 Å². The minimum Gasteiger partial charge on any atom is -0.381 e. The fourth-order valence-corrected chi connectivity index (χ4v) is 1.72. The van der Waals surface area contributed by atoms with E-state index in [1.165, 1.54) is 17.5 Å². The van der Waals surface area contributed by atoms with Crippen LogP contribution in [-0.2, 0) is 4.74 Å². The van der Waals surface area contributed by atoms with Gasteiger partial charge in [-0.25, -0.2) is 0 Å². The van der Waals surface area contributed by atoms with Gasteiger partial charge in [-0.15, -0.1) is 0 Å². The monoisotopic (exact) mass is 192 g/mol. The van der Waals surface area contributed by atoms with Crippen molar-refractivity contribution in [1.29, 1.82) is 0 Å². The second kappa shape index (κ2) is 5.82. The van der Waals surface area contributed by atoms with E-state index in [1.54, 1.807) is 0 Å². The molecule has 1 unspecified atom stereocenters. The first kappa shape index (κ1) is 11.3. The van der Waals surface area contributed by atoms with Gasteiger partial charge in [0.05, 0.1) is 6.61 Å². The predicted molar refractivity (Wildman–Crippen MR) is 60.7 cm³/mol. The van der Waals surface area contributed by atoms with Gasteiger partial charge in [-0.1, -0.05) is 43.7 Å². The van der Waals surface area contributed by atoms with E-state index in [4.69, 9.17) is 4.74 Å². The van der Waals surface area contributed by atoms with Crippen molar-refractivity contribution in [2.45, 2.75) is 33.1 Å². The van der Waals surface area contributed by atoms with Crippen LogP contribution < -0.4 is 0 Å². The lowest BCUT2D eigenvalue weighted by Crippen LogP contribution is -1.97. The highest BCUT2D eigenvalue weighted by Gasteiger charge is 2.16. The maximum atomic E-state index is 5.35. The second-order valence-corrected chi connectivity index (χ2v) is 3.47. The van der Waals surface area contributed by atoms with Gasteiger partial charge < -0.3 is 4.74 Å². The molecule has 1 aromatic carbocycles. The van der Waals surface area contributed by atoms with Crippen LogP contribution in [0.25, 0.3) is 0 Å². The molecule has 14 heavy (non-hydrogen) atoms. The quantitative estimate of drug-likeness (QED) is 0.661. The number of hydrogen-bond acceptors (Lipinski definition) is 1. The minimum absolute atomic E-state index is 0.643. The Bertz CT molecular complexity index is 262. The van der Waals surface area contributed by atoms with Gasteiger partial charge in [0.2, 0.25) is 0 Å². The average molecular weight is 192 g/mol. The Morgan fingerprint density at radius 1 is 1.29 bits per heavy atom. The van der Waals surface area contributed by atoms with Gasteiger partial charge in [-0.2, -0.15) is 0 Å². The molecule has 0 aromatic heterocycles.